The minimum atomic E-state index is -0.133. The van der Waals surface area contributed by atoms with Crippen LogP contribution in [0.3, 0.4) is 0 Å². The number of hydrogen-bond acceptors (Lipinski definition) is 2. The van der Waals surface area contributed by atoms with E-state index in [1.54, 1.807) is 6.08 Å². The van der Waals surface area contributed by atoms with E-state index in [0.717, 1.165) is 11.1 Å². The van der Waals surface area contributed by atoms with Crippen LogP contribution in [-0.2, 0) is 4.79 Å². The van der Waals surface area contributed by atoms with E-state index in [1.165, 1.54) is 0 Å². The Balaban J connectivity index is 2.88. The topological polar surface area (TPSA) is 29.4 Å². The molecule has 0 aliphatic carbocycles. The van der Waals surface area contributed by atoms with Gasteiger partial charge in [-0.25, -0.2) is 4.79 Å². The average Bonchev–Trinajstić information content (AvgIpc) is 2.18. The van der Waals surface area contributed by atoms with Crippen LogP contribution in [0, 0.1) is 0 Å². The first-order chi connectivity index (χ1) is 6.74. The van der Waals surface area contributed by atoms with Crippen molar-refractivity contribution in [2.24, 2.45) is 4.99 Å². The van der Waals surface area contributed by atoms with Gasteiger partial charge >= 0.3 is 0 Å². The van der Waals surface area contributed by atoms with Crippen LogP contribution in [-0.4, -0.2) is 6.08 Å². The Hall–Kier alpha value is -1.66. The summed E-state index contributed by atoms with van der Waals surface area (Å²) in [4.78, 5) is 14.0. The van der Waals surface area contributed by atoms with Crippen LogP contribution in [0.15, 0.2) is 47.5 Å². The molecule has 0 fully saturated rings. The predicted molar refractivity (Wildman–Crippen MR) is 56.7 cm³/mol. The van der Waals surface area contributed by atoms with Crippen molar-refractivity contribution in [2.75, 3.05) is 0 Å². The second kappa shape index (κ2) is 5.15. The molecule has 0 aliphatic heterocycles. The summed E-state index contributed by atoms with van der Waals surface area (Å²) in [5.41, 5.74) is 2.04. The van der Waals surface area contributed by atoms with Crippen molar-refractivity contribution in [1.29, 1.82) is 0 Å². The van der Waals surface area contributed by atoms with Gasteiger partial charge < -0.3 is 0 Å². The lowest BCUT2D eigenvalue weighted by Gasteiger charge is -2.10. The summed E-state index contributed by atoms with van der Waals surface area (Å²) < 4.78 is 0. The van der Waals surface area contributed by atoms with Crippen molar-refractivity contribution in [1.82, 2.24) is 0 Å². The smallest absolute Gasteiger partial charge is 0.211 e. The Bertz CT molecular complexity index is 350. The van der Waals surface area contributed by atoms with Crippen molar-refractivity contribution in [3.8, 4) is 0 Å². The van der Waals surface area contributed by atoms with Gasteiger partial charge in [-0.1, -0.05) is 35.9 Å². The molecule has 14 heavy (non-hydrogen) atoms. The fourth-order valence-electron chi connectivity index (χ4n) is 1.31. The number of benzene rings is 1. The highest BCUT2D eigenvalue weighted by Gasteiger charge is 2.08. The molecule has 0 aromatic heterocycles. The van der Waals surface area contributed by atoms with Crippen molar-refractivity contribution in [3.63, 3.8) is 0 Å². The van der Waals surface area contributed by atoms with E-state index in [9.17, 15) is 4.79 Å². The predicted octanol–water partition coefficient (Wildman–Crippen LogP) is 3.03. The lowest BCUT2D eigenvalue weighted by Crippen LogP contribution is -1.95. The van der Waals surface area contributed by atoms with Crippen LogP contribution < -0.4 is 0 Å². The van der Waals surface area contributed by atoms with Crippen LogP contribution in [0.4, 0.5) is 0 Å². The molecule has 0 saturated heterocycles. The summed E-state index contributed by atoms with van der Waals surface area (Å²) in [5, 5.41) is 0. The maximum atomic E-state index is 10.2. The maximum absolute atomic E-state index is 10.2. The number of nitrogens with zero attached hydrogens (tertiary/aromatic N) is 1. The Labute approximate surface area is 84.0 Å². The number of isocyanates is 1. The lowest BCUT2D eigenvalue weighted by atomic mass is 10.0. The van der Waals surface area contributed by atoms with Gasteiger partial charge in [0.05, 0.1) is 6.04 Å². The summed E-state index contributed by atoms with van der Waals surface area (Å²) >= 11 is 0. The molecule has 0 saturated carbocycles. The van der Waals surface area contributed by atoms with Gasteiger partial charge in [0.2, 0.25) is 6.08 Å². The SMILES string of the molecule is C=C(C)CC(N=C=O)c1ccccc1. The molecule has 0 heterocycles. The first kappa shape index (κ1) is 10.4. The van der Waals surface area contributed by atoms with Gasteiger partial charge in [-0.05, 0) is 18.9 Å². The standard InChI is InChI=1S/C12H13NO/c1-10(2)8-12(13-9-14)11-6-4-3-5-7-11/h3-7,12H,1,8H2,2H3. The van der Waals surface area contributed by atoms with Gasteiger partial charge in [0.1, 0.15) is 0 Å². The lowest BCUT2D eigenvalue weighted by molar-refractivity contribution is 0.557. The molecule has 1 unspecified atom stereocenters. The van der Waals surface area contributed by atoms with Crippen LogP contribution in [0.1, 0.15) is 24.9 Å². The molecule has 2 heteroatoms. The van der Waals surface area contributed by atoms with Crippen molar-refractivity contribution < 1.29 is 4.79 Å². The molecule has 0 aliphatic rings. The third kappa shape index (κ3) is 3.00. The third-order valence-corrected chi connectivity index (χ3v) is 1.93. The molecular formula is C12H13NO. The number of rotatable bonds is 4. The molecule has 0 bridgehead atoms. The first-order valence-electron chi connectivity index (χ1n) is 4.50. The zero-order valence-corrected chi connectivity index (χ0v) is 8.23. The van der Waals surface area contributed by atoms with Crippen LogP contribution in [0.2, 0.25) is 0 Å². The molecule has 0 spiro atoms. The zero-order valence-electron chi connectivity index (χ0n) is 8.23. The monoisotopic (exact) mass is 187 g/mol. The fraction of sp³-hybridized carbons (Fsp3) is 0.250. The van der Waals surface area contributed by atoms with Crippen LogP contribution in [0.5, 0.6) is 0 Å². The summed E-state index contributed by atoms with van der Waals surface area (Å²) in [5.74, 6) is 0. The number of hydrogen-bond donors (Lipinski definition) is 0. The molecule has 0 amide bonds. The number of aliphatic imine (C=N–C) groups is 1. The Morgan fingerprint density at radius 1 is 1.50 bits per heavy atom. The Morgan fingerprint density at radius 3 is 2.64 bits per heavy atom. The highest BCUT2D eigenvalue weighted by atomic mass is 16.1. The quantitative estimate of drug-likeness (QED) is 0.404. The summed E-state index contributed by atoms with van der Waals surface area (Å²) in [6, 6.07) is 9.57. The van der Waals surface area contributed by atoms with Crippen LogP contribution >= 0.6 is 0 Å². The highest BCUT2D eigenvalue weighted by Crippen LogP contribution is 2.23. The normalized spacial score (nSPS) is 11.5. The largest absolute Gasteiger partial charge is 0.235 e. The van der Waals surface area contributed by atoms with Gasteiger partial charge in [0.25, 0.3) is 0 Å². The van der Waals surface area contributed by atoms with Gasteiger partial charge in [0, 0.05) is 0 Å². The van der Waals surface area contributed by atoms with E-state index in [-0.39, 0.29) is 6.04 Å². The van der Waals surface area contributed by atoms with Gasteiger partial charge in [-0.15, -0.1) is 6.58 Å². The molecule has 1 atom stereocenters. The first-order valence-corrected chi connectivity index (χ1v) is 4.50. The molecule has 1 aromatic carbocycles. The summed E-state index contributed by atoms with van der Waals surface area (Å²) in [7, 11) is 0. The van der Waals surface area contributed by atoms with E-state index >= 15 is 0 Å². The van der Waals surface area contributed by atoms with Crippen molar-refractivity contribution in [2.45, 2.75) is 19.4 Å². The van der Waals surface area contributed by atoms with E-state index < -0.39 is 0 Å². The Morgan fingerprint density at radius 2 is 2.14 bits per heavy atom. The maximum Gasteiger partial charge on any atom is 0.235 e. The van der Waals surface area contributed by atoms with Gasteiger partial charge in [0.15, 0.2) is 0 Å². The Kier molecular flexibility index (Phi) is 3.84. The molecule has 72 valence electrons. The molecule has 0 radical (unpaired) electrons. The summed E-state index contributed by atoms with van der Waals surface area (Å²) in [6.45, 7) is 5.74. The molecule has 1 rings (SSSR count). The zero-order chi connectivity index (χ0) is 10.4. The van der Waals surface area contributed by atoms with Crippen molar-refractivity contribution >= 4 is 6.08 Å². The van der Waals surface area contributed by atoms with E-state index in [1.807, 2.05) is 37.3 Å². The summed E-state index contributed by atoms with van der Waals surface area (Å²) in [6.07, 6.45) is 2.30. The van der Waals surface area contributed by atoms with Crippen molar-refractivity contribution in [3.05, 3.63) is 48.0 Å². The minimum Gasteiger partial charge on any atom is -0.211 e. The van der Waals surface area contributed by atoms with E-state index in [2.05, 4.69) is 11.6 Å². The molecule has 0 N–H and O–H groups in total. The average molecular weight is 187 g/mol. The fourth-order valence-corrected chi connectivity index (χ4v) is 1.31. The van der Waals surface area contributed by atoms with E-state index in [0.29, 0.717) is 6.42 Å². The molecule has 2 nitrogen and oxygen atoms in total. The second-order valence-corrected chi connectivity index (χ2v) is 3.31. The molecular weight excluding hydrogens is 174 g/mol. The minimum absolute atomic E-state index is 0.133. The number of carbonyl (C=O) groups excluding carboxylic acids is 1. The second-order valence-electron chi connectivity index (χ2n) is 3.31. The molecule has 1 aromatic rings. The highest BCUT2D eigenvalue weighted by molar-refractivity contribution is 5.36. The van der Waals surface area contributed by atoms with E-state index in [4.69, 9.17) is 0 Å². The van der Waals surface area contributed by atoms with Gasteiger partial charge in [-0.2, -0.15) is 4.99 Å². The van der Waals surface area contributed by atoms with Crippen LogP contribution in [0.25, 0.3) is 0 Å². The van der Waals surface area contributed by atoms with Gasteiger partial charge in [-0.3, -0.25) is 0 Å². The third-order valence-electron chi connectivity index (χ3n) is 1.93.